The molecule has 1 N–H and O–H groups in total. The van der Waals surface area contributed by atoms with E-state index in [2.05, 4.69) is 26.2 Å². The second-order valence-corrected chi connectivity index (χ2v) is 6.51. The second-order valence-electron chi connectivity index (χ2n) is 5.60. The van der Waals surface area contributed by atoms with E-state index < -0.39 is 17.7 Å². The topological polar surface area (TPSA) is 51.2 Å². The Morgan fingerprint density at radius 2 is 1.89 bits per heavy atom. The minimum atomic E-state index is -4.56. The van der Waals surface area contributed by atoms with E-state index in [1.54, 1.807) is 31.2 Å². The largest absolute Gasteiger partial charge is 0.462 e. The number of fused-ring (bicyclic) bond motifs is 1. The molecule has 140 valence electrons. The standard InChI is InChI=1S/C19H14BrF3N2O2/c1-2-27-18(26)14-10-24-17-13(4-3-5-15(17)19(21,22)23)16(14)25-12-8-6-11(20)7-9-12/h3-10H,2H2,1H3,(H,24,25). The first-order valence-electron chi connectivity index (χ1n) is 8.00. The number of aromatic nitrogens is 1. The molecule has 0 amide bonds. The van der Waals surface area contributed by atoms with Crippen LogP contribution in [0.25, 0.3) is 10.9 Å². The number of pyridine rings is 1. The van der Waals surface area contributed by atoms with E-state index in [4.69, 9.17) is 4.74 Å². The molecule has 3 rings (SSSR count). The molecule has 1 heterocycles. The van der Waals surface area contributed by atoms with Crippen molar-refractivity contribution < 1.29 is 22.7 Å². The average Bonchev–Trinajstić information content (AvgIpc) is 2.62. The molecule has 0 unspecified atom stereocenters. The Morgan fingerprint density at radius 3 is 2.52 bits per heavy atom. The summed E-state index contributed by atoms with van der Waals surface area (Å²) in [4.78, 5) is 16.2. The molecular weight excluding hydrogens is 425 g/mol. The van der Waals surface area contributed by atoms with Crippen LogP contribution >= 0.6 is 15.9 Å². The monoisotopic (exact) mass is 438 g/mol. The van der Waals surface area contributed by atoms with Crippen molar-refractivity contribution in [2.75, 3.05) is 11.9 Å². The zero-order chi connectivity index (χ0) is 19.6. The van der Waals surface area contributed by atoms with E-state index in [9.17, 15) is 18.0 Å². The molecule has 4 nitrogen and oxygen atoms in total. The fourth-order valence-electron chi connectivity index (χ4n) is 2.63. The van der Waals surface area contributed by atoms with Crippen LogP contribution in [-0.4, -0.2) is 17.6 Å². The van der Waals surface area contributed by atoms with Crippen LogP contribution in [0.2, 0.25) is 0 Å². The number of rotatable bonds is 4. The van der Waals surface area contributed by atoms with E-state index in [1.165, 1.54) is 12.1 Å². The highest BCUT2D eigenvalue weighted by Gasteiger charge is 2.34. The molecule has 0 saturated carbocycles. The quantitative estimate of drug-likeness (QED) is 0.512. The van der Waals surface area contributed by atoms with Gasteiger partial charge >= 0.3 is 12.1 Å². The lowest BCUT2D eigenvalue weighted by Crippen LogP contribution is -2.11. The van der Waals surface area contributed by atoms with E-state index in [-0.39, 0.29) is 28.8 Å². The molecule has 0 radical (unpaired) electrons. The number of halogens is 4. The van der Waals surface area contributed by atoms with Crippen LogP contribution in [0.3, 0.4) is 0 Å². The zero-order valence-electron chi connectivity index (χ0n) is 14.1. The van der Waals surface area contributed by atoms with Gasteiger partial charge in [-0.1, -0.05) is 28.1 Å². The maximum Gasteiger partial charge on any atom is 0.418 e. The summed E-state index contributed by atoms with van der Waals surface area (Å²) < 4.78 is 45.9. The van der Waals surface area contributed by atoms with Crippen molar-refractivity contribution in [3.63, 3.8) is 0 Å². The highest BCUT2D eigenvalue weighted by Crippen LogP contribution is 2.38. The second kappa shape index (κ2) is 7.56. The van der Waals surface area contributed by atoms with Crippen LogP contribution in [0, 0.1) is 0 Å². The summed E-state index contributed by atoms with van der Waals surface area (Å²) in [7, 11) is 0. The van der Waals surface area contributed by atoms with Gasteiger partial charge in [0.15, 0.2) is 0 Å². The molecule has 2 aromatic carbocycles. The van der Waals surface area contributed by atoms with Crippen molar-refractivity contribution in [3.8, 4) is 0 Å². The van der Waals surface area contributed by atoms with Crippen molar-refractivity contribution in [3.05, 3.63) is 64.3 Å². The first-order valence-corrected chi connectivity index (χ1v) is 8.79. The maximum atomic E-state index is 13.3. The highest BCUT2D eigenvalue weighted by molar-refractivity contribution is 9.10. The van der Waals surface area contributed by atoms with Gasteiger partial charge in [0, 0.05) is 21.7 Å². The number of hydrogen-bond acceptors (Lipinski definition) is 4. The first-order chi connectivity index (χ1) is 12.8. The average molecular weight is 439 g/mol. The number of benzene rings is 2. The van der Waals surface area contributed by atoms with Crippen LogP contribution in [0.4, 0.5) is 24.5 Å². The smallest absolute Gasteiger partial charge is 0.418 e. The molecule has 0 bridgehead atoms. The molecule has 0 aliphatic carbocycles. The number of carbonyl (C=O) groups is 1. The number of esters is 1. The molecule has 0 aliphatic rings. The number of anilines is 2. The Balaban J connectivity index is 2.22. The number of carbonyl (C=O) groups excluding carboxylic acids is 1. The van der Waals surface area contributed by atoms with Crippen molar-refractivity contribution in [1.29, 1.82) is 0 Å². The number of alkyl halides is 3. The summed E-state index contributed by atoms with van der Waals surface area (Å²) in [5, 5.41) is 3.21. The Kier molecular flexibility index (Phi) is 5.36. The van der Waals surface area contributed by atoms with Gasteiger partial charge in [0.25, 0.3) is 0 Å². The van der Waals surface area contributed by atoms with E-state index in [0.29, 0.717) is 5.69 Å². The third-order valence-corrected chi connectivity index (χ3v) is 4.34. The number of para-hydroxylation sites is 1. The molecule has 1 aromatic heterocycles. The highest BCUT2D eigenvalue weighted by atomic mass is 79.9. The van der Waals surface area contributed by atoms with E-state index in [1.807, 2.05) is 0 Å². The Labute approximate surface area is 161 Å². The minimum Gasteiger partial charge on any atom is -0.462 e. The summed E-state index contributed by atoms with van der Waals surface area (Å²) in [6, 6.07) is 10.8. The predicted molar refractivity (Wildman–Crippen MR) is 100 cm³/mol. The third kappa shape index (κ3) is 4.05. The maximum absolute atomic E-state index is 13.3. The van der Waals surface area contributed by atoms with Gasteiger partial charge in [-0.25, -0.2) is 4.79 Å². The van der Waals surface area contributed by atoms with Crippen molar-refractivity contribution in [2.45, 2.75) is 13.1 Å². The number of nitrogens with one attached hydrogen (secondary N) is 1. The van der Waals surface area contributed by atoms with Crippen LogP contribution in [0.5, 0.6) is 0 Å². The summed E-state index contributed by atoms with van der Waals surface area (Å²) in [5.41, 5.74) is -0.223. The van der Waals surface area contributed by atoms with Crippen LogP contribution in [0.15, 0.2) is 53.1 Å². The van der Waals surface area contributed by atoms with Crippen molar-refractivity contribution in [2.24, 2.45) is 0 Å². The van der Waals surface area contributed by atoms with Gasteiger partial charge in [0.1, 0.15) is 5.56 Å². The normalized spacial score (nSPS) is 11.4. The first kappa shape index (κ1) is 19.2. The SMILES string of the molecule is CCOC(=O)c1cnc2c(C(F)(F)F)cccc2c1Nc1ccc(Br)cc1. The molecule has 8 heteroatoms. The Hall–Kier alpha value is -2.61. The van der Waals surface area contributed by atoms with E-state index in [0.717, 1.165) is 16.7 Å². The lowest BCUT2D eigenvalue weighted by Gasteiger charge is -2.16. The molecule has 0 fully saturated rings. The zero-order valence-corrected chi connectivity index (χ0v) is 15.7. The molecule has 0 atom stereocenters. The van der Waals surface area contributed by atoms with Gasteiger partial charge in [0.2, 0.25) is 0 Å². The van der Waals surface area contributed by atoms with Gasteiger partial charge < -0.3 is 10.1 Å². The molecule has 27 heavy (non-hydrogen) atoms. The molecule has 0 spiro atoms. The Bertz CT molecular complexity index is 989. The van der Waals surface area contributed by atoms with Gasteiger partial charge in [-0.2, -0.15) is 13.2 Å². The molecule has 0 aliphatic heterocycles. The number of hydrogen-bond donors (Lipinski definition) is 1. The predicted octanol–water partition coefficient (Wildman–Crippen LogP) is 5.94. The van der Waals surface area contributed by atoms with Crippen LogP contribution in [-0.2, 0) is 10.9 Å². The third-order valence-electron chi connectivity index (χ3n) is 3.81. The fourth-order valence-corrected chi connectivity index (χ4v) is 2.89. The molecule has 0 saturated heterocycles. The van der Waals surface area contributed by atoms with Gasteiger partial charge in [0.05, 0.1) is 23.4 Å². The lowest BCUT2D eigenvalue weighted by molar-refractivity contribution is -0.136. The summed E-state index contributed by atoms with van der Waals surface area (Å²) >= 11 is 3.32. The fraction of sp³-hybridized carbons (Fsp3) is 0.158. The van der Waals surface area contributed by atoms with Gasteiger partial charge in [-0.15, -0.1) is 0 Å². The molecular formula is C19H14BrF3N2O2. The van der Waals surface area contributed by atoms with Crippen LogP contribution in [0.1, 0.15) is 22.8 Å². The van der Waals surface area contributed by atoms with Crippen molar-refractivity contribution >= 4 is 44.2 Å². The number of nitrogens with zero attached hydrogens (tertiary/aromatic N) is 1. The Morgan fingerprint density at radius 1 is 1.19 bits per heavy atom. The van der Waals surface area contributed by atoms with Crippen molar-refractivity contribution in [1.82, 2.24) is 4.98 Å². The minimum absolute atomic E-state index is 0.0617. The van der Waals surface area contributed by atoms with Gasteiger partial charge in [-0.3, -0.25) is 4.98 Å². The van der Waals surface area contributed by atoms with E-state index >= 15 is 0 Å². The van der Waals surface area contributed by atoms with Gasteiger partial charge in [-0.05, 0) is 37.3 Å². The van der Waals surface area contributed by atoms with Crippen LogP contribution < -0.4 is 5.32 Å². The number of ether oxygens (including phenoxy) is 1. The summed E-state index contributed by atoms with van der Waals surface area (Å²) in [5.74, 6) is -0.663. The summed E-state index contributed by atoms with van der Waals surface area (Å²) in [6.45, 7) is 1.78. The lowest BCUT2D eigenvalue weighted by atomic mass is 10.0. The molecule has 3 aromatic rings. The summed E-state index contributed by atoms with van der Waals surface area (Å²) in [6.07, 6.45) is -3.45.